The third kappa shape index (κ3) is 3.62. The van der Waals surface area contributed by atoms with Crippen LogP contribution in [0.1, 0.15) is 29.7 Å². The van der Waals surface area contributed by atoms with Crippen molar-refractivity contribution in [3.8, 4) is 5.75 Å². The fourth-order valence-corrected chi connectivity index (χ4v) is 2.60. The van der Waals surface area contributed by atoms with Gasteiger partial charge in [0.2, 0.25) is 0 Å². The van der Waals surface area contributed by atoms with Crippen molar-refractivity contribution < 1.29 is 38.9 Å². The Morgan fingerprint density at radius 3 is 2.91 bits per heavy atom. The molecule has 0 spiro atoms. The average molecular weight is 329 g/mol. The number of carboxylic acid groups (broad SMARTS) is 1. The Bertz CT molecular complexity index is 636. The molecule has 126 valence electrons. The van der Waals surface area contributed by atoms with E-state index in [9.17, 15) is 29.0 Å². The Kier molecular flexibility index (Phi) is 4.90. The molecule has 9 heteroatoms. The quantitative estimate of drug-likeness (QED) is 0.352. The van der Waals surface area contributed by atoms with Gasteiger partial charge < -0.3 is 25.2 Å². The van der Waals surface area contributed by atoms with Crippen LogP contribution in [-0.2, 0) is 16.3 Å². The van der Waals surface area contributed by atoms with Crippen molar-refractivity contribution in [2.24, 2.45) is 5.92 Å². The predicted octanol–water partition coefficient (Wildman–Crippen LogP) is -2.45. The number of carbonyl (C=O) groups excluding carboxylic acids is 1. The highest BCUT2D eigenvalue weighted by Crippen LogP contribution is 2.38. The summed E-state index contributed by atoms with van der Waals surface area (Å²) in [5.41, 5.74) is 0.752. The maximum absolute atomic E-state index is 13.6. The van der Waals surface area contributed by atoms with Crippen molar-refractivity contribution in [3.05, 3.63) is 23.0 Å². The number of aromatic hydroxyl groups is 1. The van der Waals surface area contributed by atoms with Crippen molar-refractivity contribution in [1.29, 1.82) is 0 Å². The highest BCUT2D eigenvalue weighted by Gasteiger charge is 2.51. The van der Waals surface area contributed by atoms with Gasteiger partial charge in [-0.05, 0) is 6.92 Å². The smallest absolute Gasteiger partial charge is 0.262 e. The number of nitrogens with zero attached hydrogens (tertiary/aromatic N) is 1. The predicted molar refractivity (Wildman–Crippen MR) is 68.0 cm³/mol. The number of aliphatic carboxylic acids is 1. The van der Waals surface area contributed by atoms with E-state index in [4.69, 9.17) is 0 Å². The van der Waals surface area contributed by atoms with E-state index in [0.29, 0.717) is 0 Å². The lowest BCUT2D eigenvalue weighted by molar-refractivity contribution is -0.695. The number of aromatic nitrogens is 1. The molecule has 2 rings (SSSR count). The second kappa shape index (κ2) is 6.55. The third-order valence-electron chi connectivity index (χ3n) is 3.87. The van der Waals surface area contributed by atoms with Gasteiger partial charge in [0, 0.05) is 18.2 Å². The van der Waals surface area contributed by atoms with Crippen LogP contribution in [0.3, 0.4) is 0 Å². The first-order valence-corrected chi connectivity index (χ1v) is 6.86. The zero-order valence-electron chi connectivity index (χ0n) is 12.2. The molecular weight excluding hydrogens is 314 g/mol. The van der Waals surface area contributed by atoms with Gasteiger partial charge in [0.15, 0.2) is 12.3 Å². The Balaban J connectivity index is 2.24. The second-order valence-electron chi connectivity index (χ2n) is 5.47. The van der Waals surface area contributed by atoms with E-state index in [0.717, 1.165) is 0 Å². The van der Waals surface area contributed by atoms with E-state index in [1.807, 2.05) is 0 Å². The molecule has 1 aromatic rings. The van der Waals surface area contributed by atoms with E-state index in [1.54, 1.807) is 0 Å². The lowest BCUT2D eigenvalue weighted by Crippen LogP contribution is -2.76. The molecular formula is C14H15F2N2O5-. The van der Waals surface area contributed by atoms with E-state index in [1.165, 1.54) is 19.3 Å². The van der Waals surface area contributed by atoms with Crippen molar-refractivity contribution in [2.45, 2.75) is 38.3 Å². The van der Waals surface area contributed by atoms with E-state index in [2.05, 4.69) is 14.9 Å². The van der Waals surface area contributed by atoms with Crippen molar-refractivity contribution >= 4 is 12.2 Å². The van der Waals surface area contributed by atoms with Gasteiger partial charge in [-0.1, -0.05) is 0 Å². The monoisotopic (exact) mass is 329 g/mol. The summed E-state index contributed by atoms with van der Waals surface area (Å²) in [6, 6.07) is -0.804. The van der Waals surface area contributed by atoms with Crippen LogP contribution in [0, 0.1) is 12.8 Å². The highest BCUT2D eigenvalue weighted by atomic mass is 19.3. The van der Waals surface area contributed by atoms with Crippen molar-refractivity contribution in [2.75, 3.05) is 0 Å². The topological polar surface area (TPSA) is 120 Å². The molecule has 0 saturated heterocycles. The highest BCUT2D eigenvalue weighted by molar-refractivity contribution is 5.81. The number of nitrogens with one attached hydrogen (secondary N) is 1. The standard InChI is InChI=1S/C14H16F2N2O5/c1-7-12(19)10(8(4-17-7)6-23-22)5-18-9-2-11(13(20)21)14(15,16)3-9/h4-5,9,11,19,22H,2-3,6H2,1H3,(H,20,21)/p-1/t9-,11-/m0/s1. The van der Waals surface area contributed by atoms with Crippen molar-refractivity contribution in [1.82, 2.24) is 4.98 Å². The van der Waals surface area contributed by atoms with Gasteiger partial charge in [-0.3, -0.25) is 4.98 Å². The SMILES string of the molecule is Cc1ncc(CO[O-])c(C=[NH+][C@H]2C[C@@H](C(=O)[O-])C(F)(F)C2)c1O. The number of carbonyl (C=O) groups is 1. The van der Waals surface area contributed by atoms with Gasteiger partial charge in [0.1, 0.15) is 5.75 Å². The molecule has 0 aliphatic heterocycles. The number of aryl methyl sites for hydroxylation is 1. The zero-order valence-corrected chi connectivity index (χ0v) is 12.2. The van der Waals surface area contributed by atoms with Crippen LogP contribution < -0.4 is 15.4 Å². The number of hydrogen-bond donors (Lipinski definition) is 2. The summed E-state index contributed by atoms with van der Waals surface area (Å²) < 4.78 is 27.2. The van der Waals surface area contributed by atoms with Gasteiger partial charge in [-0.25, -0.2) is 13.8 Å². The summed E-state index contributed by atoms with van der Waals surface area (Å²) in [7, 11) is 0. The molecule has 0 bridgehead atoms. The number of carboxylic acids is 1. The first-order chi connectivity index (χ1) is 10.8. The summed E-state index contributed by atoms with van der Waals surface area (Å²) >= 11 is 0. The Hall–Kier alpha value is -2.13. The summed E-state index contributed by atoms with van der Waals surface area (Å²) in [6.07, 6.45) is 1.62. The third-order valence-corrected chi connectivity index (χ3v) is 3.87. The number of pyridine rings is 1. The molecule has 0 radical (unpaired) electrons. The number of alkyl halides is 2. The van der Waals surface area contributed by atoms with Crippen LogP contribution in [0.4, 0.5) is 8.78 Å². The molecule has 2 N–H and O–H groups in total. The molecule has 1 aromatic heterocycles. The first-order valence-electron chi connectivity index (χ1n) is 6.86. The molecule has 1 aliphatic rings. The fraction of sp³-hybridized carbons (Fsp3) is 0.500. The van der Waals surface area contributed by atoms with E-state index >= 15 is 0 Å². The largest absolute Gasteiger partial charge is 0.723 e. The zero-order chi connectivity index (χ0) is 17.2. The van der Waals surface area contributed by atoms with Gasteiger partial charge in [0.05, 0.1) is 36.2 Å². The fourth-order valence-electron chi connectivity index (χ4n) is 2.60. The van der Waals surface area contributed by atoms with Crippen LogP contribution in [0.25, 0.3) is 0 Å². The molecule has 0 aromatic carbocycles. The van der Waals surface area contributed by atoms with Crippen LogP contribution in [0.2, 0.25) is 0 Å². The van der Waals surface area contributed by atoms with Crippen molar-refractivity contribution in [3.63, 3.8) is 0 Å². The maximum Gasteiger partial charge on any atom is 0.262 e. The first kappa shape index (κ1) is 17.2. The summed E-state index contributed by atoms with van der Waals surface area (Å²) in [6.45, 7) is 1.17. The van der Waals surface area contributed by atoms with E-state index < -0.39 is 30.3 Å². The van der Waals surface area contributed by atoms with Crippen LogP contribution in [0.5, 0.6) is 5.75 Å². The maximum atomic E-state index is 13.6. The van der Waals surface area contributed by atoms with Gasteiger partial charge in [-0.2, -0.15) is 0 Å². The Morgan fingerprint density at radius 2 is 2.35 bits per heavy atom. The minimum Gasteiger partial charge on any atom is -0.723 e. The minimum atomic E-state index is -3.36. The number of rotatable bonds is 5. The summed E-state index contributed by atoms with van der Waals surface area (Å²) in [5, 5.41) is 31.0. The molecule has 1 aliphatic carbocycles. The number of halogens is 2. The molecule has 7 nitrogen and oxygen atoms in total. The summed E-state index contributed by atoms with van der Waals surface area (Å²) in [4.78, 5) is 21.0. The normalized spacial score (nSPS) is 23.5. The summed E-state index contributed by atoms with van der Waals surface area (Å²) in [5.74, 6) is -7.22. The molecule has 2 atom stereocenters. The van der Waals surface area contributed by atoms with Crippen LogP contribution >= 0.6 is 0 Å². The van der Waals surface area contributed by atoms with E-state index in [-0.39, 0.29) is 35.6 Å². The molecule has 1 saturated carbocycles. The Morgan fingerprint density at radius 1 is 1.65 bits per heavy atom. The second-order valence-corrected chi connectivity index (χ2v) is 5.47. The molecule has 1 fully saturated rings. The lowest BCUT2D eigenvalue weighted by atomic mass is 10.1. The molecule has 1 heterocycles. The minimum absolute atomic E-state index is 0.188. The number of hydrogen-bond acceptors (Lipinski definition) is 6. The lowest BCUT2D eigenvalue weighted by Gasteiger charge is -2.17. The average Bonchev–Trinajstić information content (AvgIpc) is 2.77. The van der Waals surface area contributed by atoms with Gasteiger partial charge >= 0.3 is 0 Å². The van der Waals surface area contributed by atoms with Gasteiger partial charge in [-0.15, -0.1) is 0 Å². The molecule has 0 amide bonds. The Labute approximate surface area is 130 Å². The van der Waals surface area contributed by atoms with Gasteiger partial charge in [0.25, 0.3) is 5.92 Å². The van der Waals surface area contributed by atoms with Crippen LogP contribution in [-0.4, -0.2) is 34.2 Å². The molecule has 0 unspecified atom stereocenters. The molecule has 23 heavy (non-hydrogen) atoms. The van der Waals surface area contributed by atoms with Crippen LogP contribution in [0.15, 0.2) is 6.20 Å².